The zero-order valence-corrected chi connectivity index (χ0v) is 24.7. The van der Waals surface area contributed by atoms with Crippen LogP contribution in [0.2, 0.25) is 0 Å². The van der Waals surface area contributed by atoms with E-state index in [-0.39, 0.29) is 16.7 Å². The van der Waals surface area contributed by atoms with Crippen LogP contribution in [0.4, 0.5) is 0 Å². The zero-order chi connectivity index (χ0) is 27.7. The highest BCUT2D eigenvalue weighted by molar-refractivity contribution is 8.26. The van der Waals surface area contributed by atoms with Crippen LogP contribution < -0.4 is 0 Å². The van der Waals surface area contributed by atoms with E-state index in [4.69, 9.17) is 17.3 Å². The molecule has 39 heavy (non-hydrogen) atoms. The van der Waals surface area contributed by atoms with Gasteiger partial charge in [-0.05, 0) is 55.0 Å². The van der Waals surface area contributed by atoms with Crippen molar-refractivity contribution in [1.29, 1.82) is 0 Å². The highest BCUT2D eigenvalue weighted by atomic mass is 32.2. The molecule has 1 amide bonds. The molecule has 2 aliphatic heterocycles. The molecule has 204 valence electrons. The Kier molecular flexibility index (Phi) is 8.09. The topological polar surface area (TPSA) is 75.5 Å². The summed E-state index contributed by atoms with van der Waals surface area (Å²) in [6, 6.07) is 16.6. The molecule has 0 radical (unpaired) electrons. The molecular weight excluding hydrogens is 549 g/mol. The molecule has 1 aromatic heterocycles. The van der Waals surface area contributed by atoms with Gasteiger partial charge >= 0.3 is 0 Å². The number of aromatic nitrogens is 2. The number of benzene rings is 2. The van der Waals surface area contributed by atoms with Crippen molar-refractivity contribution in [2.75, 3.05) is 19.6 Å². The average Bonchev–Trinajstić information content (AvgIpc) is 3.45. The Hall–Kier alpha value is -2.79. The molecular formula is C29H32N4O3S3. The van der Waals surface area contributed by atoms with Gasteiger partial charge in [-0.25, -0.2) is 13.1 Å². The third kappa shape index (κ3) is 5.89. The molecule has 0 spiro atoms. The second-order valence-electron chi connectivity index (χ2n) is 10.5. The normalized spacial score (nSPS) is 19.9. The summed E-state index contributed by atoms with van der Waals surface area (Å²) in [5, 5.41) is 4.85. The Morgan fingerprint density at radius 1 is 1.15 bits per heavy atom. The first-order chi connectivity index (χ1) is 18.6. The molecule has 2 fully saturated rings. The fourth-order valence-corrected chi connectivity index (χ4v) is 7.82. The highest BCUT2D eigenvalue weighted by Gasteiger charge is 2.33. The lowest BCUT2D eigenvalue weighted by molar-refractivity contribution is -0.122. The lowest BCUT2D eigenvalue weighted by atomic mass is 10.0. The van der Waals surface area contributed by atoms with Crippen LogP contribution in [0.15, 0.2) is 70.6 Å². The van der Waals surface area contributed by atoms with Crippen molar-refractivity contribution >= 4 is 50.3 Å². The third-order valence-corrected chi connectivity index (χ3v) is 10.1. The molecule has 2 aromatic carbocycles. The van der Waals surface area contributed by atoms with Gasteiger partial charge in [-0.15, -0.1) is 0 Å². The number of thiocarbonyl (C=S) groups is 1. The summed E-state index contributed by atoms with van der Waals surface area (Å²) in [7, 11) is -3.64. The van der Waals surface area contributed by atoms with Crippen LogP contribution >= 0.6 is 24.0 Å². The van der Waals surface area contributed by atoms with Crippen molar-refractivity contribution in [3.05, 3.63) is 71.3 Å². The van der Waals surface area contributed by atoms with Crippen molar-refractivity contribution in [1.82, 2.24) is 19.0 Å². The highest BCUT2D eigenvalue weighted by Crippen LogP contribution is 2.36. The minimum Gasteiger partial charge on any atom is -0.293 e. The first-order valence-corrected chi connectivity index (χ1v) is 15.8. The number of thioether (sulfide) groups is 1. The number of piperidine rings is 1. The smallest absolute Gasteiger partial charge is 0.266 e. The number of rotatable bonds is 7. The summed E-state index contributed by atoms with van der Waals surface area (Å²) >= 11 is 6.78. The van der Waals surface area contributed by atoms with E-state index in [9.17, 15) is 13.2 Å². The van der Waals surface area contributed by atoms with Gasteiger partial charge in [-0.3, -0.25) is 9.69 Å². The summed E-state index contributed by atoms with van der Waals surface area (Å²) in [6.45, 7) is 7.81. The van der Waals surface area contributed by atoms with Crippen LogP contribution in [-0.2, 0) is 14.8 Å². The first-order valence-electron chi connectivity index (χ1n) is 13.1. The number of carbonyl (C=O) groups is 1. The number of hydrogen-bond acceptors (Lipinski definition) is 6. The van der Waals surface area contributed by atoms with Crippen LogP contribution in [0.25, 0.3) is 23.0 Å². The van der Waals surface area contributed by atoms with Gasteiger partial charge in [0.05, 0.1) is 15.5 Å². The van der Waals surface area contributed by atoms with Gasteiger partial charge < -0.3 is 0 Å². The van der Waals surface area contributed by atoms with Gasteiger partial charge in [0.15, 0.2) is 0 Å². The Labute approximate surface area is 239 Å². The Morgan fingerprint density at radius 2 is 1.92 bits per heavy atom. The summed E-state index contributed by atoms with van der Waals surface area (Å²) in [6.07, 6.45) is 5.58. The fourth-order valence-electron chi connectivity index (χ4n) is 4.91. The maximum Gasteiger partial charge on any atom is 0.266 e. The summed E-state index contributed by atoms with van der Waals surface area (Å²) < 4.78 is 30.9. The standard InChI is InChI=1S/C29H32N4O3S3/c1-20(2)17-32-28(34)26(38-29(32)37)16-23-19-33(24-11-5-4-6-12-24)30-27(23)22-10-7-13-25(15-22)39(35,36)31-14-8-9-21(3)18-31/h4-7,10-13,15-16,19-21H,8-9,14,17-18H2,1-3H3. The molecule has 2 saturated heterocycles. The van der Waals surface area contributed by atoms with Crippen molar-refractivity contribution in [3.63, 3.8) is 0 Å². The average molecular weight is 581 g/mol. The first kappa shape index (κ1) is 27.8. The number of sulfonamides is 1. The molecule has 3 heterocycles. The van der Waals surface area contributed by atoms with E-state index in [1.54, 1.807) is 32.1 Å². The quantitative estimate of drug-likeness (QED) is 0.259. The second kappa shape index (κ2) is 11.4. The third-order valence-electron chi connectivity index (χ3n) is 6.84. The van der Waals surface area contributed by atoms with Crippen LogP contribution in [0.5, 0.6) is 0 Å². The van der Waals surface area contributed by atoms with E-state index in [0.717, 1.165) is 18.5 Å². The monoisotopic (exact) mass is 580 g/mol. The van der Waals surface area contributed by atoms with E-state index in [0.29, 0.717) is 51.6 Å². The van der Waals surface area contributed by atoms with Gasteiger partial charge in [-0.2, -0.15) is 9.40 Å². The van der Waals surface area contributed by atoms with Gasteiger partial charge in [-0.1, -0.05) is 75.1 Å². The molecule has 1 unspecified atom stereocenters. The van der Waals surface area contributed by atoms with Crippen molar-refractivity contribution in [2.24, 2.45) is 11.8 Å². The molecule has 10 heteroatoms. The predicted octanol–water partition coefficient (Wildman–Crippen LogP) is 5.82. The minimum absolute atomic E-state index is 0.118. The molecule has 2 aliphatic rings. The second-order valence-corrected chi connectivity index (χ2v) is 14.2. The molecule has 0 saturated carbocycles. The minimum atomic E-state index is -3.64. The van der Waals surface area contributed by atoms with Crippen molar-refractivity contribution < 1.29 is 13.2 Å². The summed E-state index contributed by atoms with van der Waals surface area (Å²) in [4.78, 5) is 15.6. The lowest BCUT2D eigenvalue weighted by Crippen LogP contribution is -2.39. The Bertz CT molecular complexity index is 1530. The SMILES string of the molecule is CC(C)CN1C(=O)C(=Cc2cn(-c3ccccc3)nc2-c2cccc(S(=O)(=O)N3CCCC(C)C3)c2)SC1=S. The van der Waals surface area contributed by atoms with Gasteiger partial charge in [0.2, 0.25) is 10.0 Å². The fraction of sp³-hybridized carbons (Fsp3) is 0.345. The van der Waals surface area contributed by atoms with Gasteiger partial charge in [0, 0.05) is 37.0 Å². The number of hydrogen-bond donors (Lipinski definition) is 0. The van der Waals surface area contributed by atoms with E-state index >= 15 is 0 Å². The lowest BCUT2D eigenvalue weighted by Gasteiger charge is -2.30. The molecule has 1 atom stereocenters. The molecule has 3 aromatic rings. The van der Waals surface area contributed by atoms with Crippen LogP contribution in [0.3, 0.4) is 0 Å². The Morgan fingerprint density at radius 3 is 2.64 bits per heavy atom. The number of amides is 1. The van der Waals surface area contributed by atoms with Crippen LogP contribution in [-0.4, -0.2) is 57.3 Å². The van der Waals surface area contributed by atoms with Crippen LogP contribution in [0, 0.1) is 11.8 Å². The molecule has 5 rings (SSSR count). The summed E-state index contributed by atoms with van der Waals surface area (Å²) in [5.41, 5.74) is 2.83. The van der Waals surface area contributed by atoms with Crippen molar-refractivity contribution in [3.8, 4) is 16.9 Å². The molecule has 0 bridgehead atoms. The maximum atomic E-state index is 13.5. The molecule has 0 N–H and O–H groups in total. The molecule has 0 aliphatic carbocycles. The predicted molar refractivity (Wildman–Crippen MR) is 161 cm³/mol. The number of nitrogens with zero attached hydrogens (tertiary/aromatic N) is 4. The molecule has 7 nitrogen and oxygen atoms in total. The van der Waals surface area contributed by atoms with Crippen LogP contribution in [0.1, 0.15) is 39.2 Å². The van der Waals surface area contributed by atoms with Gasteiger partial charge in [0.25, 0.3) is 5.91 Å². The summed E-state index contributed by atoms with van der Waals surface area (Å²) in [5.74, 6) is 0.503. The Balaban J connectivity index is 1.57. The number of para-hydroxylation sites is 1. The largest absolute Gasteiger partial charge is 0.293 e. The van der Waals surface area contributed by atoms with Gasteiger partial charge in [0.1, 0.15) is 10.0 Å². The van der Waals surface area contributed by atoms with E-state index in [1.807, 2.05) is 48.7 Å². The van der Waals surface area contributed by atoms with E-state index < -0.39 is 10.0 Å². The van der Waals surface area contributed by atoms with E-state index in [2.05, 4.69) is 20.8 Å². The van der Waals surface area contributed by atoms with E-state index in [1.165, 1.54) is 11.8 Å². The zero-order valence-electron chi connectivity index (χ0n) is 22.3. The maximum absolute atomic E-state index is 13.5. The number of carbonyl (C=O) groups excluding carboxylic acids is 1. The van der Waals surface area contributed by atoms with Crippen molar-refractivity contribution in [2.45, 2.75) is 38.5 Å².